The number of amides is 1. The molecule has 0 bridgehead atoms. The average Bonchev–Trinajstić information content (AvgIpc) is 3.26. The van der Waals surface area contributed by atoms with Crippen LogP contribution in [0.15, 0.2) is 85.2 Å². The van der Waals surface area contributed by atoms with E-state index in [0.717, 1.165) is 30.7 Å². The number of carbonyl (C=O) groups excluding carboxylic acids is 1. The molecule has 0 radical (unpaired) electrons. The van der Waals surface area contributed by atoms with Crippen LogP contribution in [-0.2, 0) is 11.0 Å². The number of carbonyl (C=O) groups is 1. The third-order valence-corrected chi connectivity index (χ3v) is 6.53. The van der Waals surface area contributed by atoms with Gasteiger partial charge in [0.05, 0.1) is 11.6 Å². The van der Waals surface area contributed by atoms with Crippen molar-refractivity contribution in [2.24, 2.45) is 0 Å². The summed E-state index contributed by atoms with van der Waals surface area (Å²) in [5.41, 5.74) is 0.775. The number of hydrogen-bond acceptors (Lipinski definition) is 5. The van der Waals surface area contributed by atoms with Gasteiger partial charge >= 0.3 is 6.18 Å². The van der Waals surface area contributed by atoms with Gasteiger partial charge in [-0.2, -0.15) is 13.2 Å². The lowest BCUT2D eigenvalue weighted by Crippen LogP contribution is -2.25. The van der Waals surface area contributed by atoms with Crippen LogP contribution in [0.25, 0.3) is 0 Å². The molecule has 0 aromatic heterocycles. The number of ether oxygens (including phenoxy) is 1. The molecule has 0 aliphatic carbocycles. The van der Waals surface area contributed by atoms with Gasteiger partial charge in [-0.3, -0.25) is 4.79 Å². The van der Waals surface area contributed by atoms with E-state index in [1.165, 1.54) is 12.1 Å². The largest absolute Gasteiger partial charge is 0.457 e. The minimum absolute atomic E-state index is 0.284. The van der Waals surface area contributed by atoms with Gasteiger partial charge in [0.15, 0.2) is 0 Å². The molecule has 10 heteroatoms. The second-order valence-corrected chi connectivity index (χ2v) is 9.83. The van der Waals surface area contributed by atoms with Gasteiger partial charge in [-0.05, 0) is 87.2 Å². The minimum atomic E-state index is -4.39. The average molecular weight is 575 g/mol. The third kappa shape index (κ3) is 8.40. The first-order chi connectivity index (χ1) is 19.0. The predicted octanol–water partition coefficient (Wildman–Crippen LogP) is 6.80. The Hall–Kier alpha value is -3.69. The van der Waals surface area contributed by atoms with Crippen LogP contribution < -0.4 is 15.0 Å². The van der Waals surface area contributed by atoms with E-state index in [2.05, 4.69) is 16.8 Å². The van der Waals surface area contributed by atoms with Gasteiger partial charge in [0.25, 0.3) is 0 Å². The summed E-state index contributed by atoms with van der Waals surface area (Å²) in [5, 5.41) is 3.18. The van der Waals surface area contributed by atoms with Crippen LogP contribution in [0.3, 0.4) is 0 Å². The monoisotopic (exact) mass is 574 g/mol. The first-order valence-corrected chi connectivity index (χ1v) is 13.2. The molecular formula is C30H34ClF3N4O2. The molecule has 1 aliphatic rings. The molecule has 0 spiro atoms. The Morgan fingerprint density at radius 2 is 1.70 bits per heavy atom. The van der Waals surface area contributed by atoms with Crippen LogP contribution in [0.4, 0.5) is 18.9 Å². The van der Waals surface area contributed by atoms with E-state index in [1.54, 1.807) is 30.3 Å². The fraction of sp³-hybridized carbons (Fsp3) is 0.300. The number of nitrogens with zero attached hydrogens (tertiary/aromatic N) is 3. The van der Waals surface area contributed by atoms with Crippen molar-refractivity contribution >= 4 is 23.7 Å². The molecule has 214 valence electrons. The van der Waals surface area contributed by atoms with E-state index in [9.17, 15) is 18.0 Å². The fourth-order valence-corrected chi connectivity index (χ4v) is 4.33. The number of benzene rings is 3. The second-order valence-electron chi connectivity index (χ2n) is 9.39. The van der Waals surface area contributed by atoms with Crippen molar-refractivity contribution in [2.45, 2.75) is 19.1 Å². The Balaban J connectivity index is 0.000000482. The topological polar surface area (TPSA) is 48.1 Å². The molecule has 4 rings (SSSR count). The van der Waals surface area contributed by atoms with Crippen molar-refractivity contribution in [1.82, 2.24) is 15.1 Å². The van der Waals surface area contributed by atoms with Crippen LogP contribution in [0.5, 0.6) is 11.5 Å². The van der Waals surface area contributed by atoms with E-state index >= 15 is 0 Å². The maximum Gasteiger partial charge on any atom is 0.416 e. The molecule has 1 aliphatic heterocycles. The highest BCUT2D eigenvalue weighted by Crippen LogP contribution is 2.40. The van der Waals surface area contributed by atoms with Crippen molar-refractivity contribution in [1.29, 1.82) is 0 Å². The lowest BCUT2D eigenvalue weighted by atomic mass is 10.0. The number of likely N-dealkylation sites (N-methyl/N-ethyl adjacent to an activating group) is 2. The van der Waals surface area contributed by atoms with Crippen molar-refractivity contribution in [2.75, 3.05) is 45.2 Å². The fourth-order valence-electron chi connectivity index (χ4n) is 4.21. The predicted molar refractivity (Wildman–Crippen MR) is 154 cm³/mol. The van der Waals surface area contributed by atoms with Crippen LogP contribution >= 0.6 is 11.6 Å². The molecule has 0 saturated carbocycles. The molecule has 1 saturated heterocycles. The first-order valence-electron chi connectivity index (χ1n) is 12.8. The molecule has 1 heterocycles. The molecular weight excluding hydrogens is 541 g/mol. The van der Waals surface area contributed by atoms with Crippen molar-refractivity contribution in [3.63, 3.8) is 0 Å². The third-order valence-electron chi connectivity index (χ3n) is 6.28. The number of rotatable bonds is 9. The Morgan fingerprint density at radius 3 is 2.25 bits per heavy atom. The van der Waals surface area contributed by atoms with Crippen LogP contribution in [0, 0.1) is 0 Å². The Morgan fingerprint density at radius 1 is 1.07 bits per heavy atom. The summed E-state index contributed by atoms with van der Waals surface area (Å²) >= 11 is 5.91. The molecule has 40 heavy (non-hydrogen) atoms. The summed E-state index contributed by atoms with van der Waals surface area (Å²) in [4.78, 5) is 15.7. The van der Waals surface area contributed by atoms with Gasteiger partial charge in [0.1, 0.15) is 17.3 Å². The van der Waals surface area contributed by atoms with Crippen LogP contribution in [0.1, 0.15) is 24.1 Å². The molecule has 1 N–H and O–H groups in total. The highest BCUT2D eigenvalue weighted by Gasteiger charge is 2.36. The van der Waals surface area contributed by atoms with E-state index in [-0.39, 0.29) is 6.04 Å². The lowest BCUT2D eigenvalue weighted by molar-refractivity contribution is -0.137. The van der Waals surface area contributed by atoms with Gasteiger partial charge < -0.3 is 24.8 Å². The van der Waals surface area contributed by atoms with Crippen molar-refractivity contribution in [3.8, 4) is 11.5 Å². The van der Waals surface area contributed by atoms with E-state index < -0.39 is 11.7 Å². The normalized spacial score (nSPS) is 15.1. The van der Waals surface area contributed by atoms with Crippen molar-refractivity contribution in [3.05, 3.63) is 101 Å². The van der Waals surface area contributed by atoms with Gasteiger partial charge in [0, 0.05) is 36.9 Å². The molecule has 3 aromatic carbocycles. The van der Waals surface area contributed by atoms with Crippen LogP contribution in [0.2, 0.25) is 5.02 Å². The molecule has 1 unspecified atom stereocenters. The number of anilines is 1. The van der Waals surface area contributed by atoms with Gasteiger partial charge in [-0.25, -0.2) is 0 Å². The molecule has 1 atom stereocenters. The summed E-state index contributed by atoms with van der Waals surface area (Å²) in [6.45, 7) is 9.10. The summed E-state index contributed by atoms with van der Waals surface area (Å²) < 4.78 is 45.7. The van der Waals surface area contributed by atoms with Crippen LogP contribution in [-0.4, -0.2) is 56.5 Å². The maximum atomic E-state index is 13.3. The highest BCUT2D eigenvalue weighted by molar-refractivity contribution is 6.30. The lowest BCUT2D eigenvalue weighted by Gasteiger charge is -2.27. The highest BCUT2D eigenvalue weighted by atomic mass is 35.5. The van der Waals surface area contributed by atoms with Crippen molar-refractivity contribution < 1.29 is 22.7 Å². The number of halogens is 4. The van der Waals surface area contributed by atoms with Gasteiger partial charge in [0.2, 0.25) is 6.41 Å². The summed E-state index contributed by atoms with van der Waals surface area (Å²) in [5.74, 6) is 2.05. The maximum absolute atomic E-state index is 13.3. The Kier molecular flexibility index (Phi) is 10.9. The zero-order valence-corrected chi connectivity index (χ0v) is 23.5. The smallest absolute Gasteiger partial charge is 0.416 e. The minimum Gasteiger partial charge on any atom is -0.457 e. The van der Waals surface area contributed by atoms with Gasteiger partial charge in [-0.15, -0.1) is 0 Å². The summed E-state index contributed by atoms with van der Waals surface area (Å²) in [7, 11) is 3.93. The SMILES string of the molecule is C=C1N(CC)CC(c2cccc(C(F)(F)F)c2)N1c1ccc(Oc2ccc(Cl)cc2)cc1.CN(C)CCNC=O. The molecule has 1 fully saturated rings. The second kappa shape index (κ2) is 14.1. The first kappa shape index (κ1) is 30.8. The molecule has 6 nitrogen and oxygen atoms in total. The van der Waals surface area contributed by atoms with E-state index in [4.69, 9.17) is 16.3 Å². The quantitative estimate of drug-likeness (QED) is 0.225. The van der Waals surface area contributed by atoms with Gasteiger partial charge in [-0.1, -0.05) is 30.3 Å². The standard InChI is InChI=1S/C25H22ClF3N2O.C5H12N2O/c1-3-30-16-24(18-5-4-6-19(15-18)25(27,28)29)31(17(30)2)21-9-13-23(14-10-21)32-22-11-7-20(26)8-12-22;1-7(2)4-3-6-5-8/h4-15,24H,2-3,16H2,1H3;5H,3-4H2,1-2H3,(H,6,8). The summed E-state index contributed by atoms with van der Waals surface area (Å²) in [6.07, 6.45) is -3.68. The number of alkyl halides is 3. The zero-order valence-electron chi connectivity index (χ0n) is 22.8. The Bertz CT molecular complexity index is 1250. The van der Waals surface area contributed by atoms with E-state index in [0.29, 0.717) is 41.6 Å². The summed E-state index contributed by atoms with van der Waals surface area (Å²) in [6, 6.07) is 19.7. The molecule has 3 aromatic rings. The van der Waals surface area contributed by atoms with E-state index in [1.807, 2.05) is 55.1 Å². The zero-order chi connectivity index (χ0) is 29.3. The number of hydrogen-bond donors (Lipinski definition) is 1. The number of nitrogens with one attached hydrogen (secondary N) is 1. The molecule has 1 amide bonds. The Labute approximate surface area is 238 Å².